The predicted molar refractivity (Wildman–Crippen MR) is 106 cm³/mol. The lowest BCUT2D eigenvalue weighted by molar-refractivity contribution is 0.414. The summed E-state index contributed by atoms with van der Waals surface area (Å²) in [6.07, 6.45) is 4.99. The van der Waals surface area contributed by atoms with E-state index in [0.717, 1.165) is 27.6 Å². The molecule has 0 fully saturated rings. The summed E-state index contributed by atoms with van der Waals surface area (Å²) in [5.41, 5.74) is 1.62. The molecule has 1 atom stereocenters. The van der Waals surface area contributed by atoms with Crippen LogP contribution in [0.4, 0.5) is 4.39 Å². The van der Waals surface area contributed by atoms with Crippen LogP contribution in [0.1, 0.15) is 17.2 Å². The number of hydrogen-bond acceptors (Lipinski definition) is 2. The molecular weight excluding hydrogens is 339 g/mol. The largest absolute Gasteiger partial charge is 0.497 e. The van der Waals surface area contributed by atoms with Crippen LogP contribution in [0.5, 0.6) is 5.75 Å². The van der Waals surface area contributed by atoms with Crippen molar-refractivity contribution in [2.75, 3.05) is 7.11 Å². The first-order valence-electron chi connectivity index (χ1n) is 8.73. The molecule has 3 nitrogen and oxygen atoms in total. The summed E-state index contributed by atoms with van der Waals surface area (Å²) in [6.45, 7) is 0. The molecule has 0 saturated heterocycles. The lowest BCUT2D eigenvalue weighted by Crippen LogP contribution is -2.12. The maximum atomic E-state index is 15.4. The van der Waals surface area contributed by atoms with Crippen LogP contribution >= 0.6 is 0 Å². The second-order valence-electron chi connectivity index (χ2n) is 6.30. The Morgan fingerprint density at radius 1 is 1.00 bits per heavy atom. The first kappa shape index (κ1) is 17.0. The number of ether oxygens (including phenoxy) is 1. The monoisotopic (exact) mass is 358 g/mol. The highest BCUT2D eigenvalue weighted by Crippen LogP contribution is 2.30. The number of methoxy groups -OCH3 is 1. The van der Waals surface area contributed by atoms with Crippen molar-refractivity contribution >= 4 is 16.8 Å². The van der Waals surface area contributed by atoms with Crippen molar-refractivity contribution in [2.45, 2.75) is 6.04 Å². The highest BCUT2D eigenvalue weighted by Gasteiger charge is 2.19. The van der Waals surface area contributed by atoms with Gasteiger partial charge in [-0.25, -0.2) is 4.39 Å². The molecule has 4 heteroatoms. The molecule has 0 aliphatic carbocycles. The zero-order valence-corrected chi connectivity index (χ0v) is 14.9. The van der Waals surface area contributed by atoms with E-state index in [2.05, 4.69) is 5.10 Å². The van der Waals surface area contributed by atoms with Gasteiger partial charge in [0.15, 0.2) is 0 Å². The van der Waals surface area contributed by atoms with E-state index in [1.807, 2.05) is 66.7 Å². The standard InChI is InChI=1S/C23H19FN2O/c1-27-21-11-9-19(10-12-21)23(26-14-4-13-25-26)22(24)16-17-7-8-18-5-2-3-6-20(18)15-17/h2-16,23H,1H3/b22-16-/t23-/m0/s1. The molecule has 0 N–H and O–H groups in total. The number of aromatic nitrogens is 2. The fourth-order valence-electron chi connectivity index (χ4n) is 3.19. The van der Waals surface area contributed by atoms with Crippen molar-refractivity contribution in [3.63, 3.8) is 0 Å². The van der Waals surface area contributed by atoms with Gasteiger partial charge in [-0.05, 0) is 52.2 Å². The molecule has 0 aliphatic heterocycles. The summed E-state index contributed by atoms with van der Waals surface area (Å²) < 4.78 is 22.2. The Hall–Kier alpha value is -3.40. The molecular formula is C23H19FN2O. The van der Waals surface area contributed by atoms with Crippen LogP contribution < -0.4 is 4.74 Å². The molecule has 0 saturated carbocycles. The zero-order chi connectivity index (χ0) is 18.6. The number of fused-ring (bicyclic) bond motifs is 1. The van der Waals surface area contributed by atoms with Crippen LogP contribution in [0.3, 0.4) is 0 Å². The van der Waals surface area contributed by atoms with E-state index < -0.39 is 6.04 Å². The molecule has 134 valence electrons. The average Bonchev–Trinajstić information content (AvgIpc) is 3.23. The molecule has 4 rings (SSSR count). The van der Waals surface area contributed by atoms with Crippen molar-refractivity contribution in [3.8, 4) is 5.75 Å². The van der Waals surface area contributed by atoms with Crippen molar-refractivity contribution in [1.29, 1.82) is 0 Å². The third-order valence-corrected chi connectivity index (χ3v) is 4.56. The van der Waals surface area contributed by atoms with E-state index in [-0.39, 0.29) is 5.83 Å². The molecule has 1 aromatic heterocycles. The maximum absolute atomic E-state index is 15.4. The topological polar surface area (TPSA) is 27.1 Å². The highest BCUT2D eigenvalue weighted by molar-refractivity contribution is 5.84. The van der Waals surface area contributed by atoms with Crippen molar-refractivity contribution < 1.29 is 9.13 Å². The molecule has 1 heterocycles. The fourth-order valence-corrected chi connectivity index (χ4v) is 3.19. The minimum atomic E-state index is -0.627. The van der Waals surface area contributed by atoms with Gasteiger partial charge in [0.05, 0.1) is 7.11 Å². The SMILES string of the molecule is COc1ccc([C@@H](/C(F)=C/c2ccc3ccccc3c2)n2cccn2)cc1. The molecule has 0 aliphatic rings. The van der Waals surface area contributed by atoms with Gasteiger partial charge in [0, 0.05) is 12.4 Å². The molecule has 27 heavy (non-hydrogen) atoms. The van der Waals surface area contributed by atoms with Crippen LogP contribution in [0.2, 0.25) is 0 Å². The second-order valence-corrected chi connectivity index (χ2v) is 6.30. The number of rotatable bonds is 5. The Kier molecular flexibility index (Phi) is 4.71. The first-order chi connectivity index (χ1) is 13.2. The number of allylic oxidation sites excluding steroid dienone is 1. The van der Waals surface area contributed by atoms with Crippen LogP contribution in [-0.4, -0.2) is 16.9 Å². The Labute approximate surface area is 157 Å². The van der Waals surface area contributed by atoms with Gasteiger partial charge >= 0.3 is 0 Å². The minimum absolute atomic E-state index is 0.279. The molecule has 0 spiro atoms. The summed E-state index contributed by atoms with van der Waals surface area (Å²) in [5.74, 6) is 0.455. The predicted octanol–water partition coefficient (Wildman–Crippen LogP) is 5.64. The van der Waals surface area contributed by atoms with E-state index in [1.165, 1.54) is 0 Å². The van der Waals surface area contributed by atoms with Gasteiger partial charge in [-0.1, -0.05) is 48.5 Å². The number of nitrogens with zero attached hydrogens (tertiary/aromatic N) is 2. The van der Waals surface area contributed by atoms with Gasteiger partial charge in [0.25, 0.3) is 0 Å². The summed E-state index contributed by atoms with van der Waals surface area (Å²) >= 11 is 0. The Morgan fingerprint density at radius 2 is 1.78 bits per heavy atom. The Morgan fingerprint density at radius 3 is 2.48 bits per heavy atom. The van der Waals surface area contributed by atoms with Crippen LogP contribution in [0, 0.1) is 0 Å². The summed E-state index contributed by atoms with van der Waals surface area (Å²) in [6, 6.07) is 22.5. The van der Waals surface area contributed by atoms with E-state index >= 15 is 4.39 Å². The zero-order valence-electron chi connectivity index (χ0n) is 14.9. The van der Waals surface area contributed by atoms with Crippen molar-refractivity contribution in [3.05, 3.63) is 102 Å². The molecule has 0 radical (unpaired) electrons. The van der Waals surface area contributed by atoms with Crippen LogP contribution in [0.25, 0.3) is 16.8 Å². The molecule has 4 aromatic rings. The smallest absolute Gasteiger partial charge is 0.130 e. The number of benzene rings is 3. The van der Waals surface area contributed by atoms with Crippen LogP contribution in [0.15, 0.2) is 91.0 Å². The average molecular weight is 358 g/mol. The Balaban J connectivity index is 1.74. The van der Waals surface area contributed by atoms with Gasteiger partial charge in [-0.2, -0.15) is 5.10 Å². The molecule has 3 aromatic carbocycles. The first-order valence-corrected chi connectivity index (χ1v) is 8.73. The lowest BCUT2D eigenvalue weighted by Gasteiger charge is -2.17. The fraction of sp³-hybridized carbons (Fsp3) is 0.0870. The van der Waals surface area contributed by atoms with Gasteiger partial charge in [0.1, 0.15) is 17.6 Å². The van der Waals surface area contributed by atoms with E-state index in [4.69, 9.17) is 4.74 Å². The van der Waals surface area contributed by atoms with Gasteiger partial charge in [-0.15, -0.1) is 0 Å². The van der Waals surface area contributed by atoms with E-state index in [1.54, 1.807) is 36.3 Å². The van der Waals surface area contributed by atoms with E-state index in [0.29, 0.717) is 0 Å². The molecule has 0 unspecified atom stereocenters. The third kappa shape index (κ3) is 3.60. The highest BCUT2D eigenvalue weighted by atomic mass is 19.1. The minimum Gasteiger partial charge on any atom is -0.497 e. The van der Waals surface area contributed by atoms with Gasteiger partial charge in [0.2, 0.25) is 0 Å². The Bertz CT molecular complexity index is 1070. The number of hydrogen-bond donors (Lipinski definition) is 0. The van der Waals surface area contributed by atoms with Crippen molar-refractivity contribution in [2.24, 2.45) is 0 Å². The second kappa shape index (κ2) is 7.46. The summed E-state index contributed by atoms with van der Waals surface area (Å²) in [4.78, 5) is 0. The van der Waals surface area contributed by atoms with Crippen molar-refractivity contribution in [1.82, 2.24) is 9.78 Å². The summed E-state index contributed by atoms with van der Waals surface area (Å²) in [5, 5.41) is 6.47. The van der Waals surface area contributed by atoms with Crippen LogP contribution in [-0.2, 0) is 0 Å². The summed E-state index contributed by atoms with van der Waals surface area (Å²) in [7, 11) is 1.61. The third-order valence-electron chi connectivity index (χ3n) is 4.56. The number of halogens is 1. The van der Waals surface area contributed by atoms with Gasteiger partial charge < -0.3 is 4.74 Å². The lowest BCUT2D eigenvalue weighted by atomic mass is 10.0. The normalized spacial score (nSPS) is 12.9. The molecule has 0 amide bonds. The molecule has 0 bridgehead atoms. The van der Waals surface area contributed by atoms with E-state index in [9.17, 15) is 0 Å². The quantitative estimate of drug-likeness (QED) is 0.461. The maximum Gasteiger partial charge on any atom is 0.130 e. The van der Waals surface area contributed by atoms with Gasteiger partial charge in [-0.3, -0.25) is 4.68 Å².